The van der Waals surface area contributed by atoms with E-state index in [1.54, 1.807) is 0 Å². The number of nitrogens with one attached hydrogen (secondary N) is 1. The first kappa shape index (κ1) is 22.5. The van der Waals surface area contributed by atoms with E-state index in [0.29, 0.717) is 11.2 Å². The van der Waals surface area contributed by atoms with Gasteiger partial charge in [-0.25, -0.2) is 0 Å². The number of carbonyl (C=O) groups excluding carboxylic acids is 1. The minimum atomic E-state index is -0.272. The van der Waals surface area contributed by atoms with E-state index < -0.39 is 0 Å². The maximum Gasteiger partial charge on any atom is 0.214 e. The Morgan fingerprint density at radius 3 is 2.11 bits per heavy atom. The van der Waals surface area contributed by atoms with E-state index in [4.69, 9.17) is 0 Å². The largest absolute Gasteiger partial charge is 0.507 e. The number of rotatable bonds is 5. The summed E-state index contributed by atoms with van der Waals surface area (Å²) in [4.78, 5) is 16.4. The topological polar surface area (TPSA) is 70.4 Å². The first-order chi connectivity index (χ1) is 12.9. The van der Waals surface area contributed by atoms with E-state index in [2.05, 4.69) is 32.1 Å². The summed E-state index contributed by atoms with van der Waals surface area (Å²) in [5.74, 6) is 0.271. The van der Waals surface area contributed by atoms with Gasteiger partial charge in [0, 0.05) is 28.6 Å². The van der Waals surface area contributed by atoms with Crippen molar-refractivity contribution in [2.45, 2.75) is 78.7 Å². The monoisotopic (exact) mass is 449 g/mol. The summed E-state index contributed by atoms with van der Waals surface area (Å²) >= 11 is 3.13. The van der Waals surface area contributed by atoms with Crippen LogP contribution in [0.3, 0.4) is 0 Å². The predicted octanol–water partition coefficient (Wildman–Crippen LogP) is 5.16. The third kappa shape index (κ3) is 4.96. The average molecular weight is 450 g/mol. The van der Waals surface area contributed by atoms with Gasteiger partial charge in [0.15, 0.2) is 5.78 Å². The molecule has 0 saturated carbocycles. The van der Waals surface area contributed by atoms with Crippen LogP contribution in [0.5, 0.6) is 5.75 Å². The SMILES string of the molecule is CCCc1cn(CC(=O)c2cc(C(C)(C)C)c(O)c(C(C)(C)C)c2)/c(=N\Br)[nH]1. The van der Waals surface area contributed by atoms with Gasteiger partial charge in [0.25, 0.3) is 0 Å². The summed E-state index contributed by atoms with van der Waals surface area (Å²) in [6, 6.07) is 3.66. The summed E-state index contributed by atoms with van der Waals surface area (Å²) in [7, 11) is 0. The molecule has 0 amide bonds. The molecule has 28 heavy (non-hydrogen) atoms. The Hall–Kier alpha value is -1.82. The van der Waals surface area contributed by atoms with E-state index in [9.17, 15) is 9.90 Å². The van der Waals surface area contributed by atoms with E-state index >= 15 is 0 Å². The van der Waals surface area contributed by atoms with Crippen molar-refractivity contribution in [1.82, 2.24) is 9.55 Å². The van der Waals surface area contributed by atoms with Crippen LogP contribution in [-0.2, 0) is 23.8 Å². The van der Waals surface area contributed by atoms with Crippen LogP contribution in [0.15, 0.2) is 22.3 Å². The number of aromatic hydroxyl groups is 1. The summed E-state index contributed by atoms with van der Waals surface area (Å²) < 4.78 is 5.90. The van der Waals surface area contributed by atoms with Gasteiger partial charge in [0.05, 0.1) is 22.7 Å². The normalized spacial score (nSPS) is 13.2. The third-order valence-electron chi connectivity index (χ3n) is 4.82. The molecule has 0 aliphatic rings. The highest BCUT2D eigenvalue weighted by molar-refractivity contribution is 9.08. The number of hydrogen-bond donors (Lipinski definition) is 2. The second-order valence-corrected chi connectivity index (χ2v) is 9.76. The predicted molar refractivity (Wildman–Crippen MR) is 117 cm³/mol. The van der Waals surface area contributed by atoms with Gasteiger partial charge >= 0.3 is 0 Å². The first-order valence-corrected chi connectivity index (χ1v) is 10.4. The molecule has 0 saturated heterocycles. The number of H-pyrrole nitrogens is 1. The third-order valence-corrected chi connectivity index (χ3v) is 5.15. The Labute approximate surface area is 176 Å². The number of aryl methyl sites for hydroxylation is 1. The Morgan fingerprint density at radius 2 is 1.68 bits per heavy atom. The number of aromatic nitrogens is 2. The van der Waals surface area contributed by atoms with Gasteiger partial charge in [-0.3, -0.25) is 4.79 Å². The zero-order chi connectivity index (χ0) is 21.3. The van der Waals surface area contributed by atoms with Crippen molar-refractivity contribution in [1.29, 1.82) is 0 Å². The summed E-state index contributed by atoms with van der Waals surface area (Å²) in [6.07, 6.45) is 3.85. The van der Waals surface area contributed by atoms with Gasteiger partial charge in [-0.15, -0.1) is 0 Å². The average Bonchev–Trinajstić information content (AvgIpc) is 2.94. The molecule has 0 unspecified atom stereocenters. The minimum absolute atomic E-state index is 0.0135. The Morgan fingerprint density at radius 1 is 1.14 bits per heavy atom. The van der Waals surface area contributed by atoms with Gasteiger partial charge < -0.3 is 14.7 Å². The van der Waals surface area contributed by atoms with Crippen molar-refractivity contribution in [3.8, 4) is 5.75 Å². The van der Waals surface area contributed by atoms with Crippen molar-refractivity contribution in [3.63, 3.8) is 0 Å². The fourth-order valence-electron chi connectivity index (χ4n) is 3.27. The van der Waals surface area contributed by atoms with Crippen LogP contribution in [0.1, 0.15) is 82.1 Å². The highest BCUT2D eigenvalue weighted by Crippen LogP contribution is 2.39. The van der Waals surface area contributed by atoms with Crippen molar-refractivity contribution in [2.24, 2.45) is 4.02 Å². The molecule has 0 aliphatic carbocycles. The van der Waals surface area contributed by atoms with Gasteiger partial charge in [0.1, 0.15) is 5.75 Å². The van der Waals surface area contributed by atoms with Crippen LogP contribution < -0.4 is 5.62 Å². The Kier molecular flexibility index (Phi) is 6.64. The molecule has 5 nitrogen and oxygen atoms in total. The van der Waals surface area contributed by atoms with E-state index in [1.165, 1.54) is 0 Å². The number of halogens is 1. The molecule has 154 valence electrons. The number of carbonyl (C=O) groups is 1. The molecule has 2 N–H and O–H groups in total. The fraction of sp³-hybridized carbons (Fsp3) is 0.545. The molecule has 0 fully saturated rings. The van der Waals surface area contributed by atoms with E-state index in [1.807, 2.05) is 64.4 Å². The highest BCUT2D eigenvalue weighted by atomic mass is 79.9. The number of phenolic OH excluding ortho intramolecular Hbond substituents is 1. The van der Waals surface area contributed by atoms with Gasteiger partial charge in [-0.2, -0.15) is 4.02 Å². The minimum Gasteiger partial charge on any atom is -0.507 e. The quantitative estimate of drug-likeness (QED) is 0.618. The van der Waals surface area contributed by atoms with Crippen LogP contribution in [-0.4, -0.2) is 20.4 Å². The van der Waals surface area contributed by atoms with E-state index in [-0.39, 0.29) is 28.9 Å². The second kappa shape index (κ2) is 8.27. The molecule has 2 rings (SSSR count). The maximum absolute atomic E-state index is 13.1. The summed E-state index contributed by atoms with van der Waals surface area (Å²) in [5, 5.41) is 10.9. The van der Waals surface area contributed by atoms with Gasteiger partial charge in [0.2, 0.25) is 5.62 Å². The van der Waals surface area contributed by atoms with E-state index in [0.717, 1.165) is 29.7 Å². The number of nitrogens with zero attached hydrogens (tertiary/aromatic N) is 2. The van der Waals surface area contributed by atoms with Crippen LogP contribution >= 0.6 is 16.1 Å². The molecule has 0 aliphatic heterocycles. The zero-order valence-electron chi connectivity index (χ0n) is 18.0. The van der Waals surface area contributed by atoms with Crippen molar-refractivity contribution in [3.05, 3.63) is 46.3 Å². The van der Waals surface area contributed by atoms with Crippen LogP contribution in [0, 0.1) is 0 Å². The smallest absolute Gasteiger partial charge is 0.214 e. The van der Waals surface area contributed by atoms with Crippen molar-refractivity contribution < 1.29 is 9.90 Å². The molecule has 1 aromatic heterocycles. The number of benzene rings is 1. The maximum atomic E-state index is 13.1. The van der Waals surface area contributed by atoms with Crippen LogP contribution in [0.2, 0.25) is 0 Å². The first-order valence-electron chi connectivity index (χ1n) is 9.73. The molecule has 1 aromatic carbocycles. The lowest BCUT2D eigenvalue weighted by Crippen LogP contribution is -2.23. The van der Waals surface area contributed by atoms with Gasteiger partial charge in [-0.05, 0) is 29.4 Å². The molecule has 6 heteroatoms. The lowest BCUT2D eigenvalue weighted by Gasteiger charge is -2.28. The number of hydrogen-bond acceptors (Lipinski definition) is 3. The highest BCUT2D eigenvalue weighted by Gasteiger charge is 2.27. The standard InChI is InChI=1S/C22H32BrN3O2/c1-8-9-15-12-26(20(24-15)25-23)13-18(27)14-10-16(21(2,3)4)19(28)17(11-14)22(5,6)7/h10-12,28H,8-9,13H2,1-7H3,(H,24,25). The molecular formula is C22H32BrN3O2. The number of imidazole rings is 1. The second-order valence-electron chi connectivity index (χ2n) is 9.41. The van der Waals surface area contributed by atoms with Crippen LogP contribution in [0.4, 0.5) is 0 Å². The summed E-state index contributed by atoms with van der Waals surface area (Å²) in [5.41, 5.74) is 3.31. The van der Waals surface area contributed by atoms with Crippen LogP contribution in [0.25, 0.3) is 0 Å². The molecular weight excluding hydrogens is 418 g/mol. The van der Waals surface area contributed by atoms with Crippen molar-refractivity contribution in [2.75, 3.05) is 0 Å². The Balaban J connectivity index is 2.52. The fourth-order valence-corrected chi connectivity index (χ4v) is 3.56. The zero-order valence-corrected chi connectivity index (χ0v) is 19.6. The molecule has 0 atom stereocenters. The molecule has 1 heterocycles. The number of phenols is 1. The number of ketones is 1. The lowest BCUT2D eigenvalue weighted by molar-refractivity contribution is 0.0970. The molecule has 2 aromatic rings. The van der Waals surface area contributed by atoms with Gasteiger partial charge in [-0.1, -0.05) is 54.9 Å². The lowest BCUT2D eigenvalue weighted by atomic mass is 9.78. The molecule has 0 radical (unpaired) electrons. The molecule has 0 bridgehead atoms. The summed E-state index contributed by atoms with van der Waals surface area (Å²) in [6.45, 7) is 14.6. The Bertz CT molecular complexity index is 889. The van der Waals surface area contributed by atoms with Crippen molar-refractivity contribution >= 4 is 21.9 Å². The number of Topliss-reactive ketones (excluding diaryl/α,β-unsaturated/α-hetero) is 1. The number of aromatic amines is 1. The molecule has 0 spiro atoms.